The maximum atomic E-state index is 6.24. The van der Waals surface area contributed by atoms with Gasteiger partial charge in [0, 0.05) is 35.7 Å². The van der Waals surface area contributed by atoms with Crippen molar-refractivity contribution in [2.24, 2.45) is 5.92 Å². The summed E-state index contributed by atoms with van der Waals surface area (Å²) in [5.41, 5.74) is 1.12. The lowest BCUT2D eigenvalue weighted by atomic mass is 9.86. The van der Waals surface area contributed by atoms with Crippen molar-refractivity contribution in [1.29, 1.82) is 0 Å². The molecule has 3 rings (SSSR count). The molecular weight excluding hydrogens is 303 g/mol. The van der Waals surface area contributed by atoms with Crippen molar-refractivity contribution < 1.29 is 0 Å². The van der Waals surface area contributed by atoms with Crippen LogP contribution in [0.1, 0.15) is 32.6 Å². The molecule has 1 N–H and O–H groups in total. The molecule has 1 heterocycles. The second-order valence-electron chi connectivity index (χ2n) is 6.15. The number of aromatic nitrogens is 1. The van der Waals surface area contributed by atoms with Gasteiger partial charge in [0.2, 0.25) is 0 Å². The molecule has 2 atom stereocenters. The predicted octanol–water partition coefficient (Wildman–Crippen LogP) is 5.12. The van der Waals surface area contributed by atoms with Gasteiger partial charge in [0.05, 0.1) is 10.5 Å². The molecule has 0 aliphatic heterocycles. The summed E-state index contributed by atoms with van der Waals surface area (Å²) in [7, 11) is 0. The molecule has 1 fully saturated rings. The van der Waals surface area contributed by atoms with Gasteiger partial charge < -0.3 is 9.88 Å². The normalized spacial score (nSPS) is 22.8. The maximum absolute atomic E-state index is 6.24. The van der Waals surface area contributed by atoms with Gasteiger partial charge in [-0.15, -0.1) is 0 Å². The molecule has 0 spiro atoms. The molecule has 0 bridgehead atoms. The molecule has 1 aliphatic carbocycles. The Morgan fingerprint density at radius 2 is 2.05 bits per heavy atom. The fraction of sp³-hybridized carbons (Fsp3) is 0.529. The van der Waals surface area contributed by atoms with Crippen LogP contribution >= 0.6 is 23.2 Å². The standard InChI is InChI=1S/C17H22Cl2N2/c1-12-4-2-3-5-16(12)20-7-9-21-8-6-14-15(19)10-13(18)11-17(14)21/h6,8,10-12,16,20H,2-5,7,9H2,1H3. The van der Waals surface area contributed by atoms with E-state index < -0.39 is 0 Å². The highest BCUT2D eigenvalue weighted by atomic mass is 35.5. The summed E-state index contributed by atoms with van der Waals surface area (Å²) >= 11 is 12.4. The highest BCUT2D eigenvalue weighted by molar-refractivity contribution is 6.38. The van der Waals surface area contributed by atoms with Gasteiger partial charge >= 0.3 is 0 Å². The van der Waals surface area contributed by atoms with Crippen molar-refractivity contribution in [3.63, 3.8) is 0 Å². The highest BCUT2D eigenvalue weighted by Gasteiger charge is 2.20. The van der Waals surface area contributed by atoms with E-state index in [4.69, 9.17) is 23.2 Å². The fourth-order valence-electron chi connectivity index (χ4n) is 3.40. The second kappa shape index (κ2) is 6.60. The molecule has 0 radical (unpaired) electrons. The lowest BCUT2D eigenvalue weighted by Gasteiger charge is -2.29. The Kier molecular flexibility index (Phi) is 4.78. The molecule has 1 aromatic carbocycles. The largest absolute Gasteiger partial charge is 0.346 e. The number of hydrogen-bond acceptors (Lipinski definition) is 1. The first-order valence-corrected chi connectivity index (χ1v) is 8.58. The van der Waals surface area contributed by atoms with Crippen LogP contribution in [-0.4, -0.2) is 17.2 Å². The lowest BCUT2D eigenvalue weighted by Crippen LogP contribution is -2.38. The SMILES string of the molecule is CC1CCCCC1NCCn1ccc2c(Cl)cc(Cl)cc21. The molecule has 0 saturated heterocycles. The van der Waals surface area contributed by atoms with Crippen LogP contribution in [0.4, 0.5) is 0 Å². The third-order valence-corrected chi connectivity index (χ3v) is 5.20. The van der Waals surface area contributed by atoms with Crippen LogP contribution in [0, 0.1) is 5.92 Å². The van der Waals surface area contributed by atoms with E-state index in [2.05, 4.69) is 29.1 Å². The van der Waals surface area contributed by atoms with Gasteiger partial charge in [-0.1, -0.05) is 43.0 Å². The average molecular weight is 325 g/mol. The number of rotatable bonds is 4. The van der Waals surface area contributed by atoms with E-state index in [1.54, 1.807) is 6.07 Å². The predicted molar refractivity (Wildman–Crippen MR) is 91.4 cm³/mol. The van der Waals surface area contributed by atoms with Gasteiger partial charge in [0.1, 0.15) is 0 Å². The molecular formula is C17H22Cl2N2. The molecule has 1 saturated carbocycles. The molecule has 2 unspecified atom stereocenters. The van der Waals surface area contributed by atoms with Crippen molar-refractivity contribution >= 4 is 34.1 Å². The summed E-state index contributed by atoms with van der Waals surface area (Å²) < 4.78 is 2.23. The summed E-state index contributed by atoms with van der Waals surface area (Å²) in [6, 6.07) is 6.54. The zero-order chi connectivity index (χ0) is 14.8. The maximum Gasteiger partial charge on any atom is 0.0514 e. The Labute approximate surface area is 136 Å². The summed E-state index contributed by atoms with van der Waals surface area (Å²) in [5.74, 6) is 0.795. The van der Waals surface area contributed by atoms with Crippen molar-refractivity contribution in [3.8, 4) is 0 Å². The number of nitrogens with one attached hydrogen (secondary N) is 1. The van der Waals surface area contributed by atoms with Gasteiger partial charge in [0.25, 0.3) is 0 Å². The third kappa shape index (κ3) is 3.39. The van der Waals surface area contributed by atoms with Gasteiger partial charge in [-0.3, -0.25) is 0 Å². The Bertz CT molecular complexity index is 621. The first kappa shape index (κ1) is 15.2. The summed E-state index contributed by atoms with van der Waals surface area (Å²) in [6.45, 7) is 4.30. The number of hydrogen-bond donors (Lipinski definition) is 1. The van der Waals surface area contributed by atoms with Crippen LogP contribution in [0.5, 0.6) is 0 Å². The fourth-order valence-corrected chi connectivity index (χ4v) is 3.95. The van der Waals surface area contributed by atoms with Crippen molar-refractivity contribution in [1.82, 2.24) is 9.88 Å². The van der Waals surface area contributed by atoms with E-state index in [0.717, 1.165) is 34.9 Å². The Hall–Kier alpha value is -0.700. The van der Waals surface area contributed by atoms with Crippen molar-refractivity contribution in [3.05, 3.63) is 34.4 Å². The van der Waals surface area contributed by atoms with Crippen LogP contribution in [-0.2, 0) is 6.54 Å². The van der Waals surface area contributed by atoms with E-state index in [0.29, 0.717) is 11.1 Å². The van der Waals surface area contributed by atoms with E-state index in [-0.39, 0.29) is 0 Å². The monoisotopic (exact) mass is 324 g/mol. The number of nitrogens with zero attached hydrogens (tertiary/aromatic N) is 1. The Morgan fingerprint density at radius 1 is 1.24 bits per heavy atom. The zero-order valence-corrected chi connectivity index (χ0v) is 13.9. The van der Waals surface area contributed by atoms with E-state index in [1.165, 1.54) is 25.7 Å². The molecule has 2 aromatic rings. The quantitative estimate of drug-likeness (QED) is 0.826. The minimum absolute atomic E-state index is 0.674. The van der Waals surface area contributed by atoms with Gasteiger partial charge in [-0.25, -0.2) is 0 Å². The lowest BCUT2D eigenvalue weighted by molar-refractivity contribution is 0.279. The van der Waals surface area contributed by atoms with Crippen LogP contribution in [0.3, 0.4) is 0 Å². The highest BCUT2D eigenvalue weighted by Crippen LogP contribution is 2.28. The molecule has 1 aliphatic rings. The van der Waals surface area contributed by atoms with Crippen LogP contribution in [0.15, 0.2) is 24.4 Å². The zero-order valence-electron chi connectivity index (χ0n) is 12.4. The minimum atomic E-state index is 0.674. The first-order valence-electron chi connectivity index (χ1n) is 7.82. The molecule has 4 heteroatoms. The van der Waals surface area contributed by atoms with E-state index >= 15 is 0 Å². The van der Waals surface area contributed by atoms with Crippen molar-refractivity contribution in [2.45, 2.75) is 45.2 Å². The smallest absolute Gasteiger partial charge is 0.0514 e. The van der Waals surface area contributed by atoms with Gasteiger partial charge in [0.15, 0.2) is 0 Å². The van der Waals surface area contributed by atoms with Gasteiger partial charge in [-0.05, 0) is 37.0 Å². The summed E-state index contributed by atoms with van der Waals surface area (Å²) in [6.07, 6.45) is 7.51. The molecule has 2 nitrogen and oxygen atoms in total. The van der Waals surface area contributed by atoms with E-state index in [9.17, 15) is 0 Å². The summed E-state index contributed by atoms with van der Waals surface area (Å²) in [5, 5.41) is 6.22. The van der Waals surface area contributed by atoms with E-state index in [1.807, 2.05) is 6.07 Å². The number of benzene rings is 1. The molecule has 114 valence electrons. The third-order valence-electron chi connectivity index (χ3n) is 4.67. The van der Waals surface area contributed by atoms with Gasteiger partial charge in [-0.2, -0.15) is 0 Å². The summed E-state index contributed by atoms with van der Waals surface area (Å²) in [4.78, 5) is 0. The van der Waals surface area contributed by atoms with Crippen molar-refractivity contribution in [2.75, 3.05) is 6.54 Å². The van der Waals surface area contributed by atoms with Crippen LogP contribution in [0.25, 0.3) is 10.9 Å². The Balaban J connectivity index is 1.65. The Morgan fingerprint density at radius 3 is 2.86 bits per heavy atom. The molecule has 21 heavy (non-hydrogen) atoms. The number of halogens is 2. The number of fused-ring (bicyclic) bond motifs is 1. The minimum Gasteiger partial charge on any atom is -0.346 e. The first-order chi connectivity index (χ1) is 10.1. The average Bonchev–Trinajstić information content (AvgIpc) is 2.84. The van der Waals surface area contributed by atoms with Crippen LogP contribution < -0.4 is 5.32 Å². The molecule has 0 amide bonds. The topological polar surface area (TPSA) is 17.0 Å². The second-order valence-corrected chi connectivity index (χ2v) is 7.00. The molecule has 1 aromatic heterocycles. The van der Waals surface area contributed by atoms with Crippen LogP contribution in [0.2, 0.25) is 10.0 Å².